The van der Waals surface area contributed by atoms with Gasteiger partial charge < -0.3 is 18.9 Å². The van der Waals surface area contributed by atoms with E-state index < -0.39 is 17.5 Å². The lowest BCUT2D eigenvalue weighted by atomic mass is 9.44. The van der Waals surface area contributed by atoms with Gasteiger partial charge in [0.1, 0.15) is 18.0 Å². The number of methoxy groups -OCH3 is 1. The molecule has 0 aliphatic heterocycles. The zero-order valence-corrected chi connectivity index (χ0v) is 22.9. The topological polar surface area (TPSA) is 88.1 Å². The molecule has 0 unspecified atom stereocenters. The van der Waals surface area contributed by atoms with Crippen LogP contribution in [0.4, 0.5) is 0 Å². The summed E-state index contributed by atoms with van der Waals surface area (Å²) in [7, 11) is 1.56. The number of carbonyl (C=O) groups excluding carboxylic acids is 3. The fraction of sp³-hybridized carbons (Fsp3) is 0.897. The van der Waals surface area contributed by atoms with Crippen molar-refractivity contribution in [3.8, 4) is 0 Å². The standard InChI is InChI=1S/C29H46O7/c1-19(30)22-8-9-23-21-7-6-20-16-27(2,12-13-28(20,3)24(21)10-11-29(22,23)4)36-26(32)18-35-25(31)17-34-15-14-33-5/h20-24H,6-18H2,1-5H3/t20-,21-,22+,23-,24-,27+,28-,29+/m0/s1. The normalized spacial score (nSPS) is 41.5. The molecule has 0 heterocycles. The van der Waals surface area contributed by atoms with Crippen molar-refractivity contribution in [1.82, 2.24) is 0 Å². The third kappa shape index (κ3) is 5.24. The van der Waals surface area contributed by atoms with E-state index in [2.05, 4.69) is 13.8 Å². The molecule has 0 aromatic rings. The fourth-order valence-electron chi connectivity index (χ4n) is 8.96. The predicted molar refractivity (Wildman–Crippen MR) is 134 cm³/mol. The Morgan fingerprint density at radius 2 is 1.56 bits per heavy atom. The smallest absolute Gasteiger partial charge is 0.344 e. The monoisotopic (exact) mass is 506 g/mol. The van der Waals surface area contributed by atoms with Gasteiger partial charge in [-0.1, -0.05) is 13.8 Å². The lowest BCUT2D eigenvalue weighted by Gasteiger charge is -2.62. The maximum absolute atomic E-state index is 12.5. The highest BCUT2D eigenvalue weighted by atomic mass is 16.6. The van der Waals surface area contributed by atoms with E-state index in [0.717, 1.165) is 38.5 Å². The van der Waals surface area contributed by atoms with Gasteiger partial charge in [-0.25, -0.2) is 9.59 Å². The molecule has 7 heteroatoms. The van der Waals surface area contributed by atoms with Gasteiger partial charge in [-0.15, -0.1) is 0 Å². The van der Waals surface area contributed by atoms with Crippen molar-refractivity contribution in [3.63, 3.8) is 0 Å². The number of rotatable bonds is 9. The summed E-state index contributed by atoms with van der Waals surface area (Å²) in [6.45, 7) is 8.83. The number of hydrogen-bond donors (Lipinski definition) is 0. The van der Waals surface area contributed by atoms with Gasteiger partial charge in [0.15, 0.2) is 6.61 Å². The molecule has 0 amide bonds. The molecule has 7 nitrogen and oxygen atoms in total. The van der Waals surface area contributed by atoms with Crippen LogP contribution < -0.4 is 0 Å². The molecule has 0 N–H and O–H groups in total. The van der Waals surface area contributed by atoms with Crippen LogP contribution in [-0.2, 0) is 33.3 Å². The van der Waals surface area contributed by atoms with Gasteiger partial charge in [0.2, 0.25) is 0 Å². The quantitative estimate of drug-likeness (QED) is 0.330. The van der Waals surface area contributed by atoms with Gasteiger partial charge in [-0.2, -0.15) is 0 Å². The van der Waals surface area contributed by atoms with Gasteiger partial charge in [-0.05, 0) is 106 Å². The van der Waals surface area contributed by atoms with Gasteiger partial charge in [0, 0.05) is 13.0 Å². The summed E-state index contributed by atoms with van der Waals surface area (Å²) in [6, 6.07) is 0. The Balaban J connectivity index is 1.32. The molecule has 4 saturated carbocycles. The Labute approximate surface area is 216 Å². The third-order valence-corrected chi connectivity index (χ3v) is 10.8. The number of fused-ring (bicyclic) bond motifs is 5. The lowest BCUT2D eigenvalue weighted by Crippen LogP contribution is -2.56. The first kappa shape index (κ1) is 27.6. The van der Waals surface area contributed by atoms with Crippen LogP contribution in [0.25, 0.3) is 0 Å². The maximum Gasteiger partial charge on any atom is 0.344 e. The van der Waals surface area contributed by atoms with Gasteiger partial charge in [0.05, 0.1) is 13.2 Å². The number of hydrogen-bond acceptors (Lipinski definition) is 7. The average Bonchev–Trinajstić information content (AvgIpc) is 3.18. The minimum absolute atomic E-state index is 0.182. The zero-order valence-electron chi connectivity index (χ0n) is 22.9. The molecule has 204 valence electrons. The van der Waals surface area contributed by atoms with Crippen molar-refractivity contribution in [2.45, 2.75) is 91.1 Å². The second kappa shape index (κ2) is 10.7. The molecular weight excluding hydrogens is 460 g/mol. The van der Waals surface area contributed by atoms with Crippen molar-refractivity contribution in [3.05, 3.63) is 0 Å². The van der Waals surface area contributed by atoms with E-state index in [1.54, 1.807) is 14.0 Å². The molecule has 4 aliphatic carbocycles. The molecule has 0 bridgehead atoms. The minimum Gasteiger partial charge on any atom is -0.457 e. The van der Waals surface area contributed by atoms with E-state index in [4.69, 9.17) is 18.9 Å². The fourth-order valence-corrected chi connectivity index (χ4v) is 8.96. The highest BCUT2D eigenvalue weighted by Gasteiger charge is 2.61. The van der Waals surface area contributed by atoms with Gasteiger partial charge >= 0.3 is 11.9 Å². The Kier molecular flexibility index (Phi) is 8.21. The summed E-state index contributed by atoms with van der Waals surface area (Å²) in [5.74, 6) is 2.16. The first-order chi connectivity index (χ1) is 17.0. The van der Waals surface area contributed by atoms with Crippen LogP contribution in [0.1, 0.15) is 85.5 Å². The molecule has 0 spiro atoms. The largest absolute Gasteiger partial charge is 0.457 e. The minimum atomic E-state index is -0.578. The molecule has 4 rings (SSSR count). The summed E-state index contributed by atoms with van der Waals surface area (Å²) < 4.78 is 20.9. The number of esters is 2. The van der Waals surface area contributed by atoms with Crippen LogP contribution in [0.5, 0.6) is 0 Å². The Morgan fingerprint density at radius 1 is 0.806 bits per heavy atom. The Bertz CT molecular complexity index is 841. The van der Waals surface area contributed by atoms with Crippen molar-refractivity contribution < 1.29 is 33.3 Å². The summed E-state index contributed by atoms with van der Waals surface area (Å²) in [4.78, 5) is 36.7. The van der Waals surface area contributed by atoms with Crippen LogP contribution in [0.15, 0.2) is 0 Å². The Morgan fingerprint density at radius 3 is 2.28 bits per heavy atom. The van der Waals surface area contributed by atoms with Crippen molar-refractivity contribution in [2.75, 3.05) is 33.5 Å². The highest BCUT2D eigenvalue weighted by molar-refractivity contribution is 5.79. The van der Waals surface area contributed by atoms with E-state index in [1.165, 1.54) is 19.3 Å². The average molecular weight is 507 g/mol. The number of Topliss-reactive ketones (excluding diaryl/α,β-unsaturated/α-hetero) is 1. The number of ketones is 1. The summed E-state index contributed by atoms with van der Waals surface area (Å²) in [5, 5.41) is 0. The van der Waals surface area contributed by atoms with E-state index in [1.807, 2.05) is 6.92 Å². The van der Waals surface area contributed by atoms with E-state index >= 15 is 0 Å². The van der Waals surface area contributed by atoms with Crippen LogP contribution >= 0.6 is 0 Å². The van der Waals surface area contributed by atoms with E-state index in [0.29, 0.717) is 42.7 Å². The first-order valence-corrected chi connectivity index (χ1v) is 14.0. The van der Waals surface area contributed by atoms with Gasteiger partial charge in [0.25, 0.3) is 0 Å². The van der Waals surface area contributed by atoms with Crippen LogP contribution in [-0.4, -0.2) is 56.9 Å². The second-order valence-corrected chi connectivity index (χ2v) is 12.8. The summed E-state index contributed by atoms with van der Waals surface area (Å²) in [5.41, 5.74) is -0.0800. The third-order valence-electron chi connectivity index (χ3n) is 10.8. The number of ether oxygens (including phenoxy) is 4. The van der Waals surface area contributed by atoms with Crippen LogP contribution in [0, 0.1) is 40.4 Å². The van der Waals surface area contributed by atoms with Crippen LogP contribution in [0.3, 0.4) is 0 Å². The molecule has 0 aromatic carbocycles. The van der Waals surface area contributed by atoms with Crippen molar-refractivity contribution in [2.24, 2.45) is 40.4 Å². The summed E-state index contributed by atoms with van der Waals surface area (Å²) >= 11 is 0. The molecule has 4 fully saturated rings. The molecular formula is C29H46O7. The SMILES string of the molecule is COCCOCC(=O)OCC(=O)O[C@]1(C)CC[C@@]2(C)[C@@H](CC[C@@H]3[C@@H]2CC[C@]2(C)[C@@H](C(C)=O)CC[C@@H]32)C1. The second-order valence-electron chi connectivity index (χ2n) is 12.8. The predicted octanol–water partition coefficient (Wildman–Crippen LogP) is 4.74. The first-order valence-electron chi connectivity index (χ1n) is 14.0. The maximum atomic E-state index is 12.5. The highest BCUT2D eigenvalue weighted by Crippen LogP contribution is 2.68. The van der Waals surface area contributed by atoms with Crippen LogP contribution in [0.2, 0.25) is 0 Å². The molecule has 8 atom stereocenters. The zero-order chi connectivity index (χ0) is 26.1. The van der Waals surface area contributed by atoms with Crippen molar-refractivity contribution in [1.29, 1.82) is 0 Å². The molecule has 0 saturated heterocycles. The van der Waals surface area contributed by atoms with E-state index in [-0.39, 0.29) is 30.0 Å². The molecule has 36 heavy (non-hydrogen) atoms. The molecule has 0 radical (unpaired) electrons. The van der Waals surface area contributed by atoms with E-state index in [9.17, 15) is 14.4 Å². The Hall–Kier alpha value is -1.47. The molecule has 4 aliphatic rings. The summed E-state index contributed by atoms with van der Waals surface area (Å²) in [6.07, 6.45) is 9.79. The number of carbonyl (C=O) groups is 3. The van der Waals surface area contributed by atoms with Gasteiger partial charge in [-0.3, -0.25) is 4.79 Å². The lowest BCUT2D eigenvalue weighted by molar-refractivity contribution is -0.187. The molecule has 0 aromatic heterocycles. The van der Waals surface area contributed by atoms with Crippen molar-refractivity contribution >= 4 is 17.7 Å².